The second-order valence-corrected chi connectivity index (χ2v) is 2.68. The molecule has 0 unspecified atom stereocenters. The van der Waals surface area contributed by atoms with Crippen molar-refractivity contribution in [3.8, 4) is 0 Å². The lowest BCUT2D eigenvalue weighted by Gasteiger charge is -2.02. The maximum atomic E-state index is 12.5. The molecule has 78 valence electrons. The van der Waals surface area contributed by atoms with Crippen molar-refractivity contribution in [1.29, 1.82) is 0 Å². The molecule has 0 saturated carbocycles. The minimum absolute atomic E-state index is 0.0469. The number of carbonyl (C=O) groups is 1. The largest absolute Gasteiger partial charge is 0.369 e. The Morgan fingerprint density at radius 1 is 1.64 bits per heavy atom. The molecule has 14 heavy (non-hydrogen) atoms. The maximum absolute atomic E-state index is 12.5. The molecule has 1 aromatic rings. The third kappa shape index (κ3) is 2.04. The number of hydrogen-bond acceptors (Lipinski definition) is 3. The fraction of sp³-hybridized carbons (Fsp3) is 0.571. The number of alkyl halides is 2. The average molecular weight is 204 g/mol. The molecule has 0 aliphatic rings. The highest BCUT2D eigenvalue weighted by molar-refractivity contribution is 5.76. The molecule has 1 rings (SSSR count). The van der Waals surface area contributed by atoms with Crippen LogP contribution in [0.25, 0.3) is 0 Å². The van der Waals surface area contributed by atoms with E-state index < -0.39 is 12.3 Å². The standard InChI is InChI=1S/C7H10F2N4O/c1-2-13-6(7(8)9)4(11-12-13)3-5(10)14/h7H,2-3H2,1H3,(H2,10,14). The Bertz CT molecular complexity index is 336. The number of carbonyl (C=O) groups excluding carboxylic acids is 1. The van der Waals surface area contributed by atoms with Crippen molar-refractivity contribution < 1.29 is 13.6 Å². The first-order valence-corrected chi connectivity index (χ1v) is 4.05. The summed E-state index contributed by atoms with van der Waals surface area (Å²) in [6.45, 7) is 1.94. The van der Waals surface area contributed by atoms with Crippen molar-refractivity contribution >= 4 is 5.91 Å². The van der Waals surface area contributed by atoms with Crippen molar-refractivity contribution in [2.24, 2.45) is 5.73 Å². The summed E-state index contributed by atoms with van der Waals surface area (Å²) in [6.07, 6.45) is -3.00. The molecule has 2 N–H and O–H groups in total. The van der Waals surface area contributed by atoms with Crippen LogP contribution in [0.4, 0.5) is 8.78 Å². The van der Waals surface area contributed by atoms with Gasteiger partial charge in [-0.2, -0.15) is 0 Å². The van der Waals surface area contributed by atoms with Crippen LogP contribution in [0.15, 0.2) is 0 Å². The smallest absolute Gasteiger partial charge is 0.281 e. The van der Waals surface area contributed by atoms with E-state index in [1.165, 1.54) is 0 Å². The summed E-state index contributed by atoms with van der Waals surface area (Å²) in [4.78, 5) is 10.5. The van der Waals surface area contributed by atoms with Crippen LogP contribution in [0.3, 0.4) is 0 Å². The number of aromatic nitrogens is 3. The summed E-state index contributed by atoms with van der Waals surface area (Å²) < 4.78 is 26.1. The van der Waals surface area contributed by atoms with Gasteiger partial charge in [0.15, 0.2) is 0 Å². The molecule has 0 aliphatic carbocycles. The summed E-state index contributed by atoms with van der Waals surface area (Å²) >= 11 is 0. The maximum Gasteiger partial charge on any atom is 0.281 e. The minimum atomic E-state index is -2.70. The molecule has 1 heterocycles. The zero-order chi connectivity index (χ0) is 10.7. The van der Waals surface area contributed by atoms with Crippen LogP contribution < -0.4 is 5.73 Å². The number of amides is 1. The summed E-state index contributed by atoms with van der Waals surface area (Å²) in [5, 5.41) is 6.97. The molecule has 0 aliphatic heterocycles. The van der Waals surface area contributed by atoms with E-state index in [2.05, 4.69) is 10.3 Å². The third-order valence-electron chi connectivity index (χ3n) is 1.70. The monoisotopic (exact) mass is 204 g/mol. The van der Waals surface area contributed by atoms with Gasteiger partial charge >= 0.3 is 0 Å². The van der Waals surface area contributed by atoms with Gasteiger partial charge in [-0.1, -0.05) is 5.21 Å². The Balaban J connectivity index is 3.04. The van der Waals surface area contributed by atoms with Crippen LogP contribution in [0.1, 0.15) is 24.7 Å². The summed E-state index contributed by atoms with van der Waals surface area (Å²) in [5.41, 5.74) is 4.51. The molecule has 1 aromatic heterocycles. The van der Waals surface area contributed by atoms with Crippen molar-refractivity contribution in [2.45, 2.75) is 26.3 Å². The molecule has 1 amide bonds. The topological polar surface area (TPSA) is 73.8 Å². The van der Waals surface area contributed by atoms with E-state index in [-0.39, 0.29) is 24.4 Å². The van der Waals surface area contributed by atoms with Gasteiger partial charge in [-0.25, -0.2) is 13.5 Å². The Labute approximate surface area is 78.9 Å². The number of nitrogens with two attached hydrogens (primary N) is 1. The van der Waals surface area contributed by atoms with Gasteiger partial charge in [0.1, 0.15) is 11.4 Å². The van der Waals surface area contributed by atoms with E-state index in [1.54, 1.807) is 6.92 Å². The SMILES string of the molecule is CCn1nnc(CC(N)=O)c1C(F)F. The van der Waals surface area contributed by atoms with Gasteiger partial charge in [0.25, 0.3) is 6.43 Å². The van der Waals surface area contributed by atoms with Gasteiger partial charge in [-0.3, -0.25) is 4.79 Å². The molecule has 0 spiro atoms. The van der Waals surface area contributed by atoms with Crippen LogP contribution in [0.5, 0.6) is 0 Å². The molecule has 0 atom stereocenters. The van der Waals surface area contributed by atoms with Gasteiger partial charge in [0.05, 0.1) is 6.42 Å². The Kier molecular flexibility index (Phi) is 3.10. The van der Waals surface area contributed by atoms with Gasteiger partial charge in [-0.15, -0.1) is 5.10 Å². The number of primary amides is 1. The molecule has 0 bridgehead atoms. The lowest BCUT2D eigenvalue weighted by molar-refractivity contribution is -0.117. The average Bonchev–Trinajstić information content (AvgIpc) is 2.46. The minimum Gasteiger partial charge on any atom is -0.369 e. The first kappa shape index (κ1) is 10.6. The number of halogens is 2. The Morgan fingerprint density at radius 3 is 2.71 bits per heavy atom. The summed E-state index contributed by atoms with van der Waals surface area (Å²) in [7, 11) is 0. The molecule has 7 heteroatoms. The van der Waals surface area contributed by atoms with E-state index in [1.807, 2.05) is 0 Å². The second-order valence-electron chi connectivity index (χ2n) is 2.68. The van der Waals surface area contributed by atoms with Crippen molar-refractivity contribution in [2.75, 3.05) is 0 Å². The fourth-order valence-corrected chi connectivity index (χ4v) is 1.12. The molecule has 0 aromatic carbocycles. The van der Waals surface area contributed by atoms with Crippen LogP contribution in [0, 0.1) is 0 Å². The van der Waals surface area contributed by atoms with E-state index in [9.17, 15) is 13.6 Å². The van der Waals surface area contributed by atoms with Crippen molar-refractivity contribution in [3.05, 3.63) is 11.4 Å². The number of hydrogen-bond donors (Lipinski definition) is 1. The first-order chi connectivity index (χ1) is 6.56. The molecule has 0 radical (unpaired) electrons. The molecule has 0 saturated heterocycles. The van der Waals surface area contributed by atoms with Gasteiger partial charge < -0.3 is 5.73 Å². The highest BCUT2D eigenvalue weighted by Gasteiger charge is 2.21. The zero-order valence-corrected chi connectivity index (χ0v) is 7.57. The van der Waals surface area contributed by atoms with Crippen molar-refractivity contribution in [3.63, 3.8) is 0 Å². The predicted molar refractivity (Wildman–Crippen MR) is 43.6 cm³/mol. The van der Waals surface area contributed by atoms with Gasteiger partial charge in [0.2, 0.25) is 5.91 Å². The number of nitrogens with zero attached hydrogens (tertiary/aromatic N) is 3. The molecule has 0 fully saturated rings. The van der Waals surface area contributed by atoms with Crippen LogP contribution in [-0.4, -0.2) is 20.9 Å². The predicted octanol–water partition coefficient (Wildman–Crippen LogP) is 0.263. The normalized spacial score (nSPS) is 10.9. The Morgan fingerprint density at radius 2 is 2.29 bits per heavy atom. The van der Waals surface area contributed by atoms with E-state index in [0.717, 1.165) is 4.68 Å². The van der Waals surface area contributed by atoms with Crippen molar-refractivity contribution in [1.82, 2.24) is 15.0 Å². The van der Waals surface area contributed by atoms with Gasteiger partial charge in [0, 0.05) is 6.54 Å². The second kappa shape index (κ2) is 4.12. The highest BCUT2D eigenvalue weighted by atomic mass is 19.3. The van der Waals surface area contributed by atoms with E-state index in [0.29, 0.717) is 0 Å². The Hall–Kier alpha value is -1.53. The zero-order valence-electron chi connectivity index (χ0n) is 7.57. The third-order valence-corrected chi connectivity index (χ3v) is 1.70. The molecular formula is C7H10F2N4O. The van der Waals surface area contributed by atoms with Gasteiger partial charge in [-0.05, 0) is 6.92 Å². The van der Waals surface area contributed by atoms with E-state index in [4.69, 9.17) is 5.73 Å². The van der Waals surface area contributed by atoms with Crippen LogP contribution >= 0.6 is 0 Å². The quantitative estimate of drug-likeness (QED) is 0.764. The molecule has 5 nitrogen and oxygen atoms in total. The molecular weight excluding hydrogens is 194 g/mol. The summed E-state index contributed by atoms with van der Waals surface area (Å²) in [5.74, 6) is -0.699. The highest BCUT2D eigenvalue weighted by Crippen LogP contribution is 2.21. The number of aryl methyl sites for hydroxylation is 1. The lowest BCUT2D eigenvalue weighted by atomic mass is 10.2. The van der Waals surface area contributed by atoms with Crippen LogP contribution in [0.2, 0.25) is 0 Å². The van der Waals surface area contributed by atoms with E-state index >= 15 is 0 Å². The fourth-order valence-electron chi connectivity index (χ4n) is 1.12. The first-order valence-electron chi connectivity index (χ1n) is 4.05. The lowest BCUT2D eigenvalue weighted by Crippen LogP contribution is -2.15. The summed E-state index contributed by atoms with van der Waals surface area (Å²) in [6, 6.07) is 0. The number of rotatable bonds is 4. The van der Waals surface area contributed by atoms with Crippen LogP contribution in [-0.2, 0) is 17.8 Å².